The third-order valence-electron chi connectivity index (χ3n) is 4.06. The summed E-state index contributed by atoms with van der Waals surface area (Å²) in [6, 6.07) is 25.0. The Kier molecular flexibility index (Phi) is 6.47. The van der Waals surface area contributed by atoms with Crippen molar-refractivity contribution in [2.75, 3.05) is 7.11 Å². The Hall–Kier alpha value is -3.27. The molecule has 0 aromatic heterocycles. The summed E-state index contributed by atoms with van der Waals surface area (Å²) in [5, 5.41) is 0. The van der Waals surface area contributed by atoms with Gasteiger partial charge < -0.3 is 14.2 Å². The van der Waals surface area contributed by atoms with E-state index in [1.165, 1.54) is 0 Å². The highest BCUT2D eigenvalue weighted by Crippen LogP contribution is 2.29. The minimum absolute atomic E-state index is 0.183. The van der Waals surface area contributed by atoms with E-state index >= 15 is 0 Å². The van der Waals surface area contributed by atoms with E-state index in [1.54, 1.807) is 7.11 Å². The lowest BCUT2D eigenvalue weighted by Gasteiger charge is -2.12. The second-order valence-corrected chi connectivity index (χ2v) is 6.08. The quantitative estimate of drug-likeness (QED) is 0.551. The fourth-order valence-corrected chi connectivity index (χ4v) is 2.63. The molecule has 0 spiro atoms. The Labute approximate surface area is 159 Å². The molecule has 0 fully saturated rings. The largest absolute Gasteiger partial charge is 0.493 e. The van der Waals surface area contributed by atoms with E-state index < -0.39 is 0 Å². The van der Waals surface area contributed by atoms with Crippen LogP contribution in [0.25, 0.3) is 0 Å². The van der Waals surface area contributed by atoms with Crippen LogP contribution in [0.3, 0.4) is 0 Å². The molecule has 4 heteroatoms. The van der Waals surface area contributed by atoms with Gasteiger partial charge in [-0.05, 0) is 28.8 Å². The van der Waals surface area contributed by atoms with Gasteiger partial charge in [-0.2, -0.15) is 0 Å². The van der Waals surface area contributed by atoms with Crippen LogP contribution in [0.1, 0.15) is 16.7 Å². The molecule has 0 amide bonds. The summed E-state index contributed by atoms with van der Waals surface area (Å²) < 4.78 is 16.6. The fraction of sp³-hybridized carbons (Fsp3) is 0.174. The number of methoxy groups -OCH3 is 1. The van der Waals surface area contributed by atoms with E-state index in [2.05, 4.69) is 0 Å². The standard InChI is InChI=1S/C23H22O4/c1-25-22-14-20(15-23(24)27-17-19-10-6-3-7-11-19)12-13-21(22)26-16-18-8-4-2-5-9-18/h2-14H,15-17H2,1H3. The highest BCUT2D eigenvalue weighted by molar-refractivity contribution is 5.73. The van der Waals surface area contributed by atoms with Gasteiger partial charge in [-0.15, -0.1) is 0 Å². The van der Waals surface area contributed by atoms with Gasteiger partial charge >= 0.3 is 5.97 Å². The summed E-state index contributed by atoms with van der Waals surface area (Å²) in [5.41, 5.74) is 2.86. The van der Waals surface area contributed by atoms with Crippen LogP contribution in [0.4, 0.5) is 0 Å². The van der Waals surface area contributed by atoms with Gasteiger partial charge in [0.1, 0.15) is 13.2 Å². The average Bonchev–Trinajstić information content (AvgIpc) is 2.72. The number of esters is 1. The van der Waals surface area contributed by atoms with Crippen molar-refractivity contribution in [2.24, 2.45) is 0 Å². The topological polar surface area (TPSA) is 44.8 Å². The Bertz CT molecular complexity index is 860. The Morgan fingerprint density at radius 2 is 1.37 bits per heavy atom. The molecule has 0 aliphatic rings. The molecular formula is C23H22O4. The first-order valence-electron chi connectivity index (χ1n) is 8.78. The van der Waals surface area contributed by atoms with Gasteiger partial charge in [0.05, 0.1) is 13.5 Å². The van der Waals surface area contributed by atoms with E-state index in [-0.39, 0.29) is 19.0 Å². The molecule has 0 N–H and O–H groups in total. The van der Waals surface area contributed by atoms with Crippen molar-refractivity contribution in [3.8, 4) is 11.5 Å². The molecule has 0 aliphatic heterocycles. The van der Waals surface area contributed by atoms with Crippen molar-refractivity contribution in [3.63, 3.8) is 0 Å². The second-order valence-electron chi connectivity index (χ2n) is 6.08. The van der Waals surface area contributed by atoms with Crippen LogP contribution in [0.15, 0.2) is 78.9 Å². The summed E-state index contributed by atoms with van der Waals surface area (Å²) in [6.45, 7) is 0.727. The molecule has 3 aromatic carbocycles. The van der Waals surface area contributed by atoms with Gasteiger partial charge in [-0.1, -0.05) is 66.7 Å². The molecule has 3 aromatic rings. The smallest absolute Gasteiger partial charge is 0.310 e. The molecule has 0 bridgehead atoms. The first-order chi connectivity index (χ1) is 13.2. The molecule has 0 atom stereocenters. The van der Waals surface area contributed by atoms with Crippen LogP contribution in [0.5, 0.6) is 11.5 Å². The van der Waals surface area contributed by atoms with E-state index in [9.17, 15) is 4.79 Å². The Morgan fingerprint density at radius 3 is 2.00 bits per heavy atom. The number of benzene rings is 3. The summed E-state index contributed by atoms with van der Waals surface area (Å²) in [5.74, 6) is 0.959. The normalized spacial score (nSPS) is 10.3. The average molecular weight is 362 g/mol. The Balaban J connectivity index is 1.57. The van der Waals surface area contributed by atoms with Crippen molar-refractivity contribution in [1.29, 1.82) is 0 Å². The predicted molar refractivity (Wildman–Crippen MR) is 104 cm³/mol. The highest BCUT2D eigenvalue weighted by atomic mass is 16.5. The third-order valence-corrected chi connectivity index (χ3v) is 4.06. The number of hydrogen-bond acceptors (Lipinski definition) is 4. The molecule has 0 unspecified atom stereocenters. The molecule has 0 heterocycles. The number of hydrogen-bond donors (Lipinski definition) is 0. The Morgan fingerprint density at radius 1 is 0.741 bits per heavy atom. The lowest BCUT2D eigenvalue weighted by molar-refractivity contribution is -0.144. The number of carbonyl (C=O) groups excluding carboxylic acids is 1. The lowest BCUT2D eigenvalue weighted by atomic mass is 10.1. The van der Waals surface area contributed by atoms with Gasteiger partial charge in [0.25, 0.3) is 0 Å². The first-order valence-corrected chi connectivity index (χ1v) is 8.78. The summed E-state index contributed by atoms with van der Waals surface area (Å²) in [7, 11) is 1.59. The lowest BCUT2D eigenvalue weighted by Crippen LogP contribution is -2.08. The van der Waals surface area contributed by atoms with Crippen molar-refractivity contribution < 1.29 is 19.0 Å². The van der Waals surface area contributed by atoms with Gasteiger partial charge in [0, 0.05) is 0 Å². The van der Waals surface area contributed by atoms with Crippen LogP contribution in [-0.4, -0.2) is 13.1 Å². The molecule has 27 heavy (non-hydrogen) atoms. The molecule has 0 saturated carbocycles. The van der Waals surface area contributed by atoms with Gasteiger partial charge in [0.15, 0.2) is 11.5 Å². The van der Waals surface area contributed by atoms with Crippen molar-refractivity contribution in [2.45, 2.75) is 19.6 Å². The van der Waals surface area contributed by atoms with E-state index in [0.29, 0.717) is 18.1 Å². The molecule has 138 valence electrons. The first kappa shape index (κ1) is 18.5. The number of rotatable bonds is 8. The van der Waals surface area contributed by atoms with Crippen molar-refractivity contribution >= 4 is 5.97 Å². The predicted octanol–water partition coefficient (Wildman–Crippen LogP) is 4.56. The highest BCUT2D eigenvalue weighted by Gasteiger charge is 2.10. The molecular weight excluding hydrogens is 340 g/mol. The van der Waals surface area contributed by atoms with Crippen LogP contribution in [-0.2, 0) is 29.2 Å². The number of carbonyl (C=O) groups is 1. The maximum atomic E-state index is 12.1. The van der Waals surface area contributed by atoms with Crippen molar-refractivity contribution in [1.82, 2.24) is 0 Å². The molecule has 0 saturated heterocycles. The fourth-order valence-electron chi connectivity index (χ4n) is 2.63. The zero-order valence-electron chi connectivity index (χ0n) is 15.3. The third kappa shape index (κ3) is 5.61. The maximum Gasteiger partial charge on any atom is 0.310 e. The summed E-state index contributed by atoms with van der Waals surface area (Å²) in [6.07, 6.45) is 0.183. The van der Waals surface area contributed by atoms with Crippen LogP contribution < -0.4 is 9.47 Å². The zero-order valence-corrected chi connectivity index (χ0v) is 15.3. The SMILES string of the molecule is COc1cc(CC(=O)OCc2ccccc2)ccc1OCc1ccccc1. The van der Waals surface area contributed by atoms with Crippen LogP contribution in [0, 0.1) is 0 Å². The second kappa shape index (κ2) is 9.43. The molecule has 4 nitrogen and oxygen atoms in total. The van der Waals surface area contributed by atoms with E-state index in [1.807, 2.05) is 78.9 Å². The monoisotopic (exact) mass is 362 g/mol. The van der Waals surface area contributed by atoms with Crippen LogP contribution >= 0.6 is 0 Å². The number of ether oxygens (including phenoxy) is 3. The summed E-state index contributed by atoms with van der Waals surface area (Å²) in [4.78, 5) is 12.1. The van der Waals surface area contributed by atoms with Gasteiger partial charge in [-0.3, -0.25) is 4.79 Å². The molecule has 3 rings (SSSR count). The zero-order chi connectivity index (χ0) is 18.9. The molecule has 0 radical (unpaired) electrons. The molecule has 0 aliphatic carbocycles. The minimum Gasteiger partial charge on any atom is -0.493 e. The van der Waals surface area contributed by atoms with Gasteiger partial charge in [0.2, 0.25) is 0 Å². The maximum absolute atomic E-state index is 12.1. The van der Waals surface area contributed by atoms with E-state index in [4.69, 9.17) is 14.2 Å². The van der Waals surface area contributed by atoms with Gasteiger partial charge in [-0.25, -0.2) is 0 Å². The van der Waals surface area contributed by atoms with E-state index in [0.717, 1.165) is 16.7 Å². The minimum atomic E-state index is -0.279. The van der Waals surface area contributed by atoms with Crippen LogP contribution in [0.2, 0.25) is 0 Å². The van der Waals surface area contributed by atoms with Crippen molar-refractivity contribution in [3.05, 3.63) is 95.6 Å². The summed E-state index contributed by atoms with van der Waals surface area (Å²) >= 11 is 0.